The van der Waals surface area contributed by atoms with E-state index in [1.807, 2.05) is 0 Å². The Labute approximate surface area is 136 Å². The number of methoxy groups -OCH3 is 2. The molecular formula is C16H17N3O5. The Morgan fingerprint density at radius 3 is 2.33 bits per heavy atom. The number of aryl methyl sites for hydroxylation is 1. The second-order valence-electron chi connectivity index (χ2n) is 5.35. The van der Waals surface area contributed by atoms with Crippen LogP contribution in [-0.2, 0) is 14.1 Å². The second-order valence-corrected chi connectivity index (χ2v) is 5.35. The lowest BCUT2D eigenvalue weighted by Crippen LogP contribution is -2.36. The second kappa shape index (κ2) is 5.48. The Morgan fingerprint density at radius 2 is 1.71 bits per heavy atom. The van der Waals surface area contributed by atoms with E-state index < -0.39 is 11.2 Å². The molecule has 8 nitrogen and oxygen atoms in total. The van der Waals surface area contributed by atoms with Crippen LogP contribution in [0.5, 0.6) is 17.2 Å². The largest absolute Gasteiger partial charge is 0.504 e. The Bertz CT molecular complexity index is 1060. The van der Waals surface area contributed by atoms with Crippen LogP contribution in [0.4, 0.5) is 0 Å². The molecule has 3 aromatic rings. The van der Waals surface area contributed by atoms with Gasteiger partial charge in [-0.15, -0.1) is 0 Å². The molecule has 24 heavy (non-hydrogen) atoms. The van der Waals surface area contributed by atoms with Crippen LogP contribution in [0.25, 0.3) is 22.3 Å². The first-order valence-corrected chi connectivity index (χ1v) is 7.13. The Balaban J connectivity index is 2.35. The molecular weight excluding hydrogens is 314 g/mol. The predicted molar refractivity (Wildman–Crippen MR) is 89.0 cm³/mol. The Kier molecular flexibility index (Phi) is 3.59. The van der Waals surface area contributed by atoms with E-state index in [0.717, 1.165) is 4.57 Å². The zero-order chi connectivity index (χ0) is 17.6. The molecule has 0 spiro atoms. The van der Waals surface area contributed by atoms with Crippen LogP contribution in [0.15, 0.2) is 27.8 Å². The zero-order valence-electron chi connectivity index (χ0n) is 13.7. The van der Waals surface area contributed by atoms with Crippen molar-refractivity contribution in [1.29, 1.82) is 0 Å². The predicted octanol–water partition coefficient (Wildman–Crippen LogP) is 0.955. The van der Waals surface area contributed by atoms with E-state index >= 15 is 0 Å². The van der Waals surface area contributed by atoms with Crippen molar-refractivity contribution in [1.82, 2.24) is 14.1 Å². The number of aromatic hydroxyl groups is 1. The van der Waals surface area contributed by atoms with E-state index in [0.29, 0.717) is 22.8 Å². The maximum Gasteiger partial charge on any atom is 0.331 e. The topological polar surface area (TPSA) is 98.5 Å². The van der Waals surface area contributed by atoms with Gasteiger partial charge >= 0.3 is 5.69 Å². The molecule has 0 aliphatic heterocycles. The lowest BCUT2D eigenvalue weighted by atomic mass is 10.1. The summed E-state index contributed by atoms with van der Waals surface area (Å²) in [7, 11) is 5.91. The zero-order valence-corrected chi connectivity index (χ0v) is 13.7. The van der Waals surface area contributed by atoms with Crippen molar-refractivity contribution in [2.24, 2.45) is 14.1 Å². The number of aromatic amines is 1. The van der Waals surface area contributed by atoms with Gasteiger partial charge in [0, 0.05) is 19.7 Å². The highest BCUT2D eigenvalue weighted by Gasteiger charge is 2.20. The van der Waals surface area contributed by atoms with Gasteiger partial charge in [-0.25, -0.2) is 4.79 Å². The number of nitrogens with zero attached hydrogens (tertiary/aromatic N) is 2. The number of ether oxygens (including phenoxy) is 2. The smallest absolute Gasteiger partial charge is 0.331 e. The molecule has 0 amide bonds. The van der Waals surface area contributed by atoms with Gasteiger partial charge in [0.25, 0.3) is 5.56 Å². The van der Waals surface area contributed by atoms with Crippen molar-refractivity contribution >= 4 is 11.0 Å². The molecule has 2 N–H and O–H groups in total. The van der Waals surface area contributed by atoms with Gasteiger partial charge in [0.15, 0.2) is 17.2 Å². The first kappa shape index (κ1) is 15.7. The van der Waals surface area contributed by atoms with Crippen molar-refractivity contribution < 1.29 is 14.6 Å². The third-order valence-corrected chi connectivity index (χ3v) is 4.05. The van der Waals surface area contributed by atoms with Gasteiger partial charge < -0.3 is 19.6 Å². The van der Waals surface area contributed by atoms with E-state index in [4.69, 9.17) is 9.47 Å². The van der Waals surface area contributed by atoms with E-state index in [1.54, 1.807) is 18.2 Å². The van der Waals surface area contributed by atoms with Gasteiger partial charge in [-0.05, 0) is 18.2 Å². The van der Waals surface area contributed by atoms with E-state index in [1.165, 1.54) is 32.9 Å². The summed E-state index contributed by atoms with van der Waals surface area (Å²) in [6.45, 7) is 0. The maximum atomic E-state index is 12.3. The van der Waals surface area contributed by atoms with E-state index in [2.05, 4.69) is 4.98 Å². The van der Waals surface area contributed by atoms with Gasteiger partial charge in [0.05, 0.1) is 19.9 Å². The molecule has 0 saturated carbocycles. The van der Waals surface area contributed by atoms with Crippen LogP contribution >= 0.6 is 0 Å². The average molecular weight is 331 g/mol. The highest BCUT2D eigenvalue weighted by molar-refractivity contribution is 5.91. The third-order valence-electron chi connectivity index (χ3n) is 4.05. The number of benzene rings is 1. The molecule has 0 aliphatic carbocycles. The van der Waals surface area contributed by atoms with Gasteiger partial charge in [0.2, 0.25) is 0 Å². The Morgan fingerprint density at radius 1 is 1.04 bits per heavy atom. The minimum absolute atomic E-state index is 0.155. The van der Waals surface area contributed by atoms with Crippen molar-refractivity contribution in [3.8, 4) is 28.5 Å². The minimum Gasteiger partial charge on any atom is -0.504 e. The summed E-state index contributed by atoms with van der Waals surface area (Å²) in [6, 6.07) is 5.08. The molecule has 0 atom stereocenters. The van der Waals surface area contributed by atoms with Gasteiger partial charge in [-0.2, -0.15) is 0 Å². The van der Waals surface area contributed by atoms with Crippen molar-refractivity contribution in [2.45, 2.75) is 0 Å². The number of aromatic nitrogens is 3. The van der Waals surface area contributed by atoms with Crippen LogP contribution in [0, 0.1) is 0 Å². The standard InChI is InChI=1S/C16H17N3O5/c1-18-13-12(15(21)19(2)16(18)22)17-11(14(13)20)8-5-6-9(23-3)10(7-8)24-4/h5-7,17,20H,1-4H3. The van der Waals surface area contributed by atoms with E-state index in [-0.39, 0.29) is 16.8 Å². The summed E-state index contributed by atoms with van der Waals surface area (Å²) in [5.74, 6) is 0.851. The molecule has 0 fully saturated rings. The number of hydrogen-bond donors (Lipinski definition) is 2. The molecule has 126 valence electrons. The molecule has 3 rings (SSSR count). The van der Waals surface area contributed by atoms with Gasteiger partial charge in [0.1, 0.15) is 11.0 Å². The minimum atomic E-state index is -0.513. The number of fused-ring (bicyclic) bond motifs is 1. The number of nitrogens with one attached hydrogen (secondary N) is 1. The van der Waals surface area contributed by atoms with Crippen molar-refractivity contribution in [2.75, 3.05) is 14.2 Å². The summed E-state index contributed by atoms with van der Waals surface area (Å²) < 4.78 is 12.7. The van der Waals surface area contributed by atoms with Crippen molar-refractivity contribution in [3.05, 3.63) is 39.0 Å². The van der Waals surface area contributed by atoms with Crippen LogP contribution in [0.1, 0.15) is 0 Å². The van der Waals surface area contributed by atoms with Crippen LogP contribution in [0.2, 0.25) is 0 Å². The number of H-pyrrole nitrogens is 1. The summed E-state index contributed by atoms with van der Waals surface area (Å²) in [5.41, 5.74) is 0.214. The van der Waals surface area contributed by atoms with Crippen LogP contribution < -0.4 is 20.7 Å². The monoisotopic (exact) mass is 331 g/mol. The fourth-order valence-electron chi connectivity index (χ4n) is 2.74. The van der Waals surface area contributed by atoms with Gasteiger partial charge in [-0.3, -0.25) is 13.9 Å². The van der Waals surface area contributed by atoms with E-state index in [9.17, 15) is 14.7 Å². The quantitative estimate of drug-likeness (QED) is 0.745. The summed E-state index contributed by atoms with van der Waals surface area (Å²) in [4.78, 5) is 27.2. The normalized spacial score (nSPS) is 11.0. The molecule has 0 saturated heterocycles. The molecule has 0 aliphatic rings. The highest BCUT2D eigenvalue weighted by Crippen LogP contribution is 2.38. The summed E-state index contributed by atoms with van der Waals surface area (Å²) in [6.07, 6.45) is 0. The molecule has 8 heteroatoms. The van der Waals surface area contributed by atoms with Crippen molar-refractivity contribution in [3.63, 3.8) is 0 Å². The fourth-order valence-corrected chi connectivity index (χ4v) is 2.74. The lowest BCUT2D eigenvalue weighted by molar-refractivity contribution is 0.355. The highest BCUT2D eigenvalue weighted by atomic mass is 16.5. The van der Waals surface area contributed by atoms with Crippen LogP contribution in [0.3, 0.4) is 0 Å². The first-order valence-electron chi connectivity index (χ1n) is 7.13. The summed E-state index contributed by atoms with van der Waals surface area (Å²) in [5, 5.41) is 10.5. The fraction of sp³-hybridized carbons (Fsp3) is 0.250. The first-order chi connectivity index (χ1) is 11.4. The summed E-state index contributed by atoms with van der Waals surface area (Å²) >= 11 is 0. The van der Waals surface area contributed by atoms with Crippen LogP contribution in [-0.4, -0.2) is 33.4 Å². The SMILES string of the molecule is COc1ccc(-c2[nH]c3c(=O)n(C)c(=O)n(C)c3c2O)cc1OC. The number of rotatable bonds is 3. The Hall–Kier alpha value is -3.16. The number of hydrogen-bond acceptors (Lipinski definition) is 5. The lowest BCUT2D eigenvalue weighted by Gasteiger charge is -2.09. The average Bonchev–Trinajstić information content (AvgIpc) is 2.95. The molecule has 2 aromatic heterocycles. The molecule has 0 radical (unpaired) electrons. The van der Waals surface area contributed by atoms with Gasteiger partial charge in [-0.1, -0.05) is 0 Å². The third kappa shape index (κ3) is 2.07. The molecule has 2 heterocycles. The maximum absolute atomic E-state index is 12.3. The molecule has 0 bridgehead atoms. The molecule has 0 unspecified atom stereocenters. The molecule has 1 aromatic carbocycles.